The lowest BCUT2D eigenvalue weighted by Gasteiger charge is -2.12. The first-order valence-corrected chi connectivity index (χ1v) is 9.29. The second-order valence-electron chi connectivity index (χ2n) is 6.40. The van der Waals surface area contributed by atoms with Crippen molar-refractivity contribution in [2.24, 2.45) is 7.05 Å². The van der Waals surface area contributed by atoms with Crippen molar-refractivity contribution < 1.29 is 4.79 Å². The molecule has 1 aliphatic rings. The highest BCUT2D eigenvalue weighted by Crippen LogP contribution is 2.43. The van der Waals surface area contributed by atoms with Crippen LogP contribution in [0.15, 0.2) is 18.5 Å². The number of hydrogen-bond donors (Lipinski definition) is 1. The summed E-state index contributed by atoms with van der Waals surface area (Å²) in [5, 5.41) is 11.9. The van der Waals surface area contributed by atoms with Crippen molar-refractivity contribution in [3.8, 4) is 5.95 Å². The third-order valence-electron chi connectivity index (χ3n) is 4.20. The average Bonchev–Trinajstić information content (AvgIpc) is 3.07. The minimum atomic E-state index is -0.0619. The van der Waals surface area contributed by atoms with E-state index in [2.05, 4.69) is 25.5 Å². The maximum atomic E-state index is 12.3. The average molecular weight is 369 g/mol. The zero-order valence-electron chi connectivity index (χ0n) is 15.0. The molecule has 8 nitrogen and oxygen atoms in total. The highest BCUT2D eigenvalue weighted by Gasteiger charge is 2.31. The Bertz CT molecular complexity index is 986. The molecule has 1 amide bonds. The van der Waals surface area contributed by atoms with Crippen LogP contribution in [0.5, 0.6) is 0 Å². The van der Waals surface area contributed by atoms with E-state index in [0.29, 0.717) is 17.5 Å². The van der Waals surface area contributed by atoms with Crippen LogP contribution in [0.3, 0.4) is 0 Å². The van der Waals surface area contributed by atoms with Crippen molar-refractivity contribution in [1.82, 2.24) is 29.5 Å². The number of aromatic nitrogens is 6. The van der Waals surface area contributed by atoms with Crippen LogP contribution in [0.25, 0.3) is 5.95 Å². The van der Waals surface area contributed by atoms with Crippen molar-refractivity contribution in [1.29, 1.82) is 0 Å². The van der Waals surface area contributed by atoms with Crippen molar-refractivity contribution >= 4 is 23.5 Å². The molecule has 1 atom stereocenters. The van der Waals surface area contributed by atoms with Crippen molar-refractivity contribution in [3.05, 3.63) is 46.7 Å². The van der Waals surface area contributed by atoms with Gasteiger partial charge in [0.2, 0.25) is 5.91 Å². The van der Waals surface area contributed by atoms with Gasteiger partial charge in [-0.2, -0.15) is 14.9 Å². The van der Waals surface area contributed by atoms with Crippen molar-refractivity contribution in [2.75, 3.05) is 11.1 Å². The van der Waals surface area contributed by atoms with E-state index in [-0.39, 0.29) is 11.2 Å². The van der Waals surface area contributed by atoms with E-state index < -0.39 is 0 Å². The molecule has 0 bridgehead atoms. The van der Waals surface area contributed by atoms with Crippen LogP contribution in [-0.2, 0) is 11.8 Å². The summed E-state index contributed by atoms with van der Waals surface area (Å²) in [4.78, 5) is 21.3. The van der Waals surface area contributed by atoms with Gasteiger partial charge in [-0.05, 0) is 26.8 Å². The zero-order chi connectivity index (χ0) is 18.4. The van der Waals surface area contributed by atoms with Gasteiger partial charge in [-0.1, -0.05) is 0 Å². The lowest BCUT2D eigenvalue weighted by atomic mass is 10.1. The van der Waals surface area contributed by atoms with Gasteiger partial charge in [-0.25, -0.2) is 9.97 Å². The van der Waals surface area contributed by atoms with Gasteiger partial charge < -0.3 is 5.32 Å². The summed E-state index contributed by atoms with van der Waals surface area (Å²) in [6.07, 6.45) is 3.81. The zero-order valence-corrected chi connectivity index (χ0v) is 15.8. The third kappa shape index (κ3) is 2.88. The van der Waals surface area contributed by atoms with E-state index in [1.54, 1.807) is 21.1 Å². The quantitative estimate of drug-likeness (QED) is 0.744. The summed E-state index contributed by atoms with van der Waals surface area (Å²) < 4.78 is 3.40. The number of nitrogens with one attached hydrogen (secondary N) is 1. The van der Waals surface area contributed by atoms with Gasteiger partial charge in [-0.3, -0.25) is 9.48 Å². The van der Waals surface area contributed by atoms with Gasteiger partial charge in [0, 0.05) is 35.8 Å². The van der Waals surface area contributed by atoms with Crippen molar-refractivity contribution in [2.45, 2.75) is 26.0 Å². The van der Waals surface area contributed by atoms with E-state index in [1.165, 1.54) is 0 Å². The molecule has 0 unspecified atom stereocenters. The van der Waals surface area contributed by atoms with E-state index in [0.717, 1.165) is 28.2 Å². The second-order valence-corrected chi connectivity index (χ2v) is 7.49. The monoisotopic (exact) mass is 369 g/mol. The summed E-state index contributed by atoms with van der Waals surface area (Å²) in [5.74, 6) is 1.40. The predicted molar refractivity (Wildman–Crippen MR) is 99.5 cm³/mol. The van der Waals surface area contributed by atoms with E-state index in [4.69, 9.17) is 0 Å². The molecule has 1 aliphatic heterocycles. The molecule has 0 fully saturated rings. The van der Waals surface area contributed by atoms with Gasteiger partial charge in [0.25, 0.3) is 5.95 Å². The van der Waals surface area contributed by atoms with Gasteiger partial charge >= 0.3 is 0 Å². The van der Waals surface area contributed by atoms with Crippen LogP contribution >= 0.6 is 11.8 Å². The highest BCUT2D eigenvalue weighted by molar-refractivity contribution is 8.00. The molecule has 3 aromatic heterocycles. The van der Waals surface area contributed by atoms with Gasteiger partial charge in [-0.15, -0.1) is 11.8 Å². The summed E-state index contributed by atoms with van der Waals surface area (Å²) in [6.45, 7) is 5.78. The standard InChI is InChI=1S/C17H19N7OS/c1-9-5-10(2)20-17(19-9)24-16-14(11(3)22-24)15(26-8-13(25)21-16)12-6-18-23(4)7-12/h5-7,15H,8H2,1-4H3,(H,21,25)/t15-/m1/s1. The molecule has 0 saturated heterocycles. The number of thioether (sulfide) groups is 1. The minimum Gasteiger partial charge on any atom is -0.309 e. The lowest BCUT2D eigenvalue weighted by molar-refractivity contribution is -0.113. The molecule has 4 rings (SSSR count). The first-order chi connectivity index (χ1) is 12.4. The lowest BCUT2D eigenvalue weighted by Crippen LogP contribution is -2.17. The number of carbonyl (C=O) groups excluding carboxylic acids is 1. The Balaban J connectivity index is 1.91. The third-order valence-corrected chi connectivity index (χ3v) is 5.47. The molecule has 9 heteroatoms. The molecule has 134 valence electrons. The highest BCUT2D eigenvalue weighted by atomic mass is 32.2. The van der Waals surface area contributed by atoms with Crippen LogP contribution in [0.4, 0.5) is 5.82 Å². The van der Waals surface area contributed by atoms with E-state index in [9.17, 15) is 4.79 Å². The van der Waals surface area contributed by atoms with Gasteiger partial charge in [0.05, 0.1) is 22.9 Å². The molecular weight excluding hydrogens is 350 g/mol. The number of fused-ring (bicyclic) bond motifs is 1. The molecule has 3 aromatic rings. The Hall–Kier alpha value is -2.68. The van der Waals surface area contributed by atoms with Crippen LogP contribution in [0.1, 0.15) is 33.5 Å². The first kappa shape index (κ1) is 16.8. The molecule has 26 heavy (non-hydrogen) atoms. The maximum Gasteiger partial charge on any atom is 0.252 e. The van der Waals surface area contributed by atoms with Gasteiger partial charge in [0.1, 0.15) is 5.82 Å². The Morgan fingerprint density at radius 2 is 1.96 bits per heavy atom. The SMILES string of the molecule is Cc1cc(C)nc(-n2nc(C)c3c2NC(=O)CS[C@@H]3c2cnn(C)c2)n1. The largest absolute Gasteiger partial charge is 0.309 e. The molecular formula is C17H19N7OS. The molecule has 0 radical (unpaired) electrons. The topological polar surface area (TPSA) is 90.5 Å². The number of carbonyl (C=O) groups is 1. The van der Waals surface area contributed by atoms with E-state index in [1.807, 2.05) is 46.3 Å². The normalized spacial score (nSPS) is 16.9. The van der Waals surface area contributed by atoms with Gasteiger partial charge in [0.15, 0.2) is 0 Å². The fourth-order valence-electron chi connectivity index (χ4n) is 3.17. The molecule has 0 aliphatic carbocycles. The first-order valence-electron chi connectivity index (χ1n) is 8.24. The molecule has 1 N–H and O–H groups in total. The molecule has 0 saturated carbocycles. The summed E-state index contributed by atoms with van der Waals surface area (Å²) in [7, 11) is 1.88. The van der Waals surface area contributed by atoms with Crippen LogP contribution in [-0.4, -0.2) is 41.2 Å². The molecule has 0 aromatic carbocycles. The minimum absolute atomic E-state index is 0.0303. The summed E-state index contributed by atoms with van der Waals surface area (Å²) in [6, 6.07) is 1.91. The molecule has 0 spiro atoms. The summed E-state index contributed by atoms with van der Waals surface area (Å²) in [5.41, 5.74) is 4.56. The predicted octanol–water partition coefficient (Wildman–Crippen LogP) is 2.10. The Kier molecular flexibility index (Phi) is 4.03. The Morgan fingerprint density at radius 3 is 2.62 bits per heavy atom. The Morgan fingerprint density at radius 1 is 1.23 bits per heavy atom. The number of amides is 1. The number of aryl methyl sites for hydroxylation is 4. The fourth-order valence-corrected chi connectivity index (χ4v) is 4.32. The fraction of sp³-hybridized carbons (Fsp3) is 0.353. The van der Waals surface area contributed by atoms with Crippen LogP contribution in [0.2, 0.25) is 0 Å². The number of rotatable bonds is 2. The number of anilines is 1. The maximum absolute atomic E-state index is 12.3. The number of hydrogen-bond acceptors (Lipinski definition) is 6. The molecule has 4 heterocycles. The summed E-state index contributed by atoms with van der Waals surface area (Å²) >= 11 is 1.57. The Labute approximate surface area is 155 Å². The second kappa shape index (κ2) is 6.24. The number of nitrogens with zero attached hydrogens (tertiary/aromatic N) is 6. The van der Waals surface area contributed by atoms with E-state index >= 15 is 0 Å². The van der Waals surface area contributed by atoms with Crippen molar-refractivity contribution in [3.63, 3.8) is 0 Å². The smallest absolute Gasteiger partial charge is 0.252 e. The van der Waals surface area contributed by atoms with Crippen LogP contribution < -0.4 is 5.32 Å². The van der Waals surface area contributed by atoms with Crippen LogP contribution in [0, 0.1) is 20.8 Å².